The lowest BCUT2D eigenvalue weighted by atomic mass is 10.2. The molecule has 6 nitrogen and oxygen atoms in total. The number of amides is 1. The van der Waals surface area contributed by atoms with Gasteiger partial charge in [-0.15, -0.1) is 0 Å². The Morgan fingerprint density at radius 3 is 2.40 bits per heavy atom. The average molecular weight is 446 g/mol. The molecule has 1 saturated heterocycles. The van der Waals surface area contributed by atoms with Crippen molar-refractivity contribution in [1.29, 1.82) is 0 Å². The lowest BCUT2D eigenvalue weighted by Crippen LogP contribution is -2.17. The van der Waals surface area contributed by atoms with E-state index in [0.29, 0.717) is 40.5 Å². The molecule has 0 aliphatic carbocycles. The minimum Gasteiger partial charge on any atom is -0.497 e. The SMILES string of the molecule is CCOc1cc(/C=C2/SC(=S)NC2=O)ccc1OCCCOc1ccc(OC)cc1. The number of carbonyl (C=O) groups excluding carboxylic acids is 1. The number of nitrogens with one attached hydrogen (secondary N) is 1. The van der Waals surface area contributed by atoms with E-state index in [2.05, 4.69) is 5.32 Å². The predicted octanol–water partition coefficient (Wildman–Crippen LogP) is 4.43. The van der Waals surface area contributed by atoms with Crippen molar-refractivity contribution in [3.8, 4) is 23.0 Å². The van der Waals surface area contributed by atoms with Crippen molar-refractivity contribution >= 4 is 40.3 Å². The van der Waals surface area contributed by atoms with Gasteiger partial charge in [0.25, 0.3) is 5.91 Å². The average Bonchev–Trinajstić information content (AvgIpc) is 3.06. The Morgan fingerprint density at radius 2 is 1.73 bits per heavy atom. The first-order valence-electron chi connectivity index (χ1n) is 9.50. The Labute approximate surface area is 185 Å². The van der Waals surface area contributed by atoms with Crippen LogP contribution in [0.25, 0.3) is 6.08 Å². The van der Waals surface area contributed by atoms with E-state index in [1.165, 1.54) is 11.8 Å². The van der Waals surface area contributed by atoms with Crippen LogP contribution in [0.3, 0.4) is 0 Å². The van der Waals surface area contributed by atoms with Crippen LogP contribution in [0.4, 0.5) is 0 Å². The van der Waals surface area contributed by atoms with E-state index in [-0.39, 0.29) is 5.91 Å². The fourth-order valence-corrected chi connectivity index (χ4v) is 3.72. The van der Waals surface area contributed by atoms with Gasteiger partial charge in [0, 0.05) is 6.42 Å². The van der Waals surface area contributed by atoms with E-state index in [0.717, 1.165) is 23.5 Å². The Hall–Kier alpha value is -2.71. The second-order valence-corrected chi connectivity index (χ2v) is 7.94. The molecule has 3 rings (SSSR count). The standard InChI is InChI=1S/C22H23NO5S2/c1-3-26-19-13-15(14-20-21(24)23-22(29)30-20)5-10-18(19)28-12-4-11-27-17-8-6-16(25-2)7-9-17/h5-10,13-14H,3-4,11-12H2,1-2H3,(H,23,24,29)/b20-14+. The molecule has 0 aromatic heterocycles. The molecule has 30 heavy (non-hydrogen) atoms. The van der Waals surface area contributed by atoms with Gasteiger partial charge in [0.1, 0.15) is 15.8 Å². The number of hydrogen-bond acceptors (Lipinski definition) is 7. The first-order chi connectivity index (χ1) is 14.6. The van der Waals surface area contributed by atoms with E-state index in [4.69, 9.17) is 31.2 Å². The van der Waals surface area contributed by atoms with Gasteiger partial charge < -0.3 is 24.3 Å². The van der Waals surface area contributed by atoms with Gasteiger partial charge in [0.15, 0.2) is 11.5 Å². The lowest BCUT2D eigenvalue weighted by molar-refractivity contribution is -0.115. The van der Waals surface area contributed by atoms with Crippen LogP contribution in [0, 0.1) is 0 Å². The molecule has 8 heteroatoms. The maximum atomic E-state index is 11.8. The topological polar surface area (TPSA) is 66.0 Å². The summed E-state index contributed by atoms with van der Waals surface area (Å²) in [7, 11) is 1.63. The fraction of sp³-hybridized carbons (Fsp3) is 0.273. The molecule has 0 unspecified atom stereocenters. The number of hydrogen-bond donors (Lipinski definition) is 1. The molecule has 1 amide bonds. The first kappa shape index (κ1) is 22.0. The van der Waals surface area contributed by atoms with Gasteiger partial charge in [-0.3, -0.25) is 4.79 Å². The molecule has 1 heterocycles. The first-order valence-corrected chi connectivity index (χ1v) is 10.7. The molecule has 0 saturated carbocycles. The zero-order chi connectivity index (χ0) is 21.3. The van der Waals surface area contributed by atoms with Gasteiger partial charge in [0.05, 0.1) is 31.8 Å². The Balaban J connectivity index is 1.54. The number of rotatable bonds is 10. The monoisotopic (exact) mass is 445 g/mol. The normalized spacial score (nSPS) is 14.5. The molecule has 1 aliphatic heterocycles. The highest BCUT2D eigenvalue weighted by Crippen LogP contribution is 2.32. The van der Waals surface area contributed by atoms with Gasteiger partial charge in [-0.1, -0.05) is 30.0 Å². The summed E-state index contributed by atoms with van der Waals surface area (Å²) in [6.45, 7) is 3.45. The number of ether oxygens (including phenoxy) is 4. The van der Waals surface area contributed by atoms with Gasteiger partial charge in [-0.2, -0.15) is 0 Å². The number of thiocarbonyl (C=S) groups is 1. The summed E-state index contributed by atoms with van der Waals surface area (Å²) in [6.07, 6.45) is 2.51. The van der Waals surface area contributed by atoms with Gasteiger partial charge in [-0.05, 0) is 55.0 Å². The molecule has 2 aromatic carbocycles. The van der Waals surface area contributed by atoms with Gasteiger partial charge in [-0.25, -0.2) is 0 Å². The Bertz CT molecular complexity index is 928. The highest BCUT2D eigenvalue weighted by atomic mass is 32.2. The van der Waals surface area contributed by atoms with Crippen LogP contribution in [0.15, 0.2) is 47.4 Å². The smallest absolute Gasteiger partial charge is 0.263 e. The number of carbonyl (C=O) groups is 1. The van der Waals surface area contributed by atoms with E-state index in [9.17, 15) is 4.79 Å². The zero-order valence-electron chi connectivity index (χ0n) is 16.8. The summed E-state index contributed by atoms with van der Waals surface area (Å²) < 4.78 is 22.9. The second-order valence-electron chi connectivity index (χ2n) is 6.22. The van der Waals surface area contributed by atoms with E-state index < -0.39 is 0 Å². The number of methoxy groups -OCH3 is 1. The van der Waals surface area contributed by atoms with Crippen LogP contribution >= 0.6 is 24.0 Å². The molecule has 1 fully saturated rings. The van der Waals surface area contributed by atoms with Crippen LogP contribution < -0.4 is 24.3 Å². The third-order valence-corrected chi connectivity index (χ3v) is 5.24. The summed E-state index contributed by atoms with van der Waals surface area (Å²) in [6, 6.07) is 13.0. The summed E-state index contributed by atoms with van der Waals surface area (Å²) >= 11 is 6.27. The zero-order valence-corrected chi connectivity index (χ0v) is 18.4. The van der Waals surface area contributed by atoms with Crippen molar-refractivity contribution in [2.24, 2.45) is 0 Å². The third-order valence-electron chi connectivity index (χ3n) is 4.08. The minimum absolute atomic E-state index is 0.180. The Morgan fingerprint density at radius 1 is 1.00 bits per heavy atom. The van der Waals surface area contributed by atoms with E-state index in [1.807, 2.05) is 49.4 Å². The highest BCUT2D eigenvalue weighted by molar-refractivity contribution is 8.26. The van der Waals surface area contributed by atoms with Crippen LogP contribution in [-0.2, 0) is 4.79 Å². The minimum atomic E-state index is -0.180. The molecule has 0 atom stereocenters. The Kier molecular flexibility index (Phi) is 7.98. The summed E-state index contributed by atoms with van der Waals surface area (Å²) in [5.41, 5.74) is 0.844. The van der Waals surface area contributed by atoms with Gasteiger partial charge in [0.2, 0.25) is 0 Å². The van der Waals surface area contributed by atoms with Crippen molar-refractivity contribution in [2.75, 3.05) is 26.9 Å². The van der Waals surface area contributed by atoms with Crippen molar-refractivity contribution in [1.82, 2.24) is 5.32 Å². The van der Waals surface area contributed by atoms with E-state index >= 15 is 0 Å². The second kappa shape index (κ2) is 10.9. The van der Waals surface area contributed by atoms with Crippen LogP contribution in [0.1, 0.15) is 18.9 Å². The molecular formula is C22H23NO5S2. The third kappa shape index (κ3) is 6.14. The van der Waals surface area contributed by atoms with Crippen LogP contribution in [-0.4, -0.2) is 37.2 Å². The molecule has 2 aromatic rings. The van der Waals surface area contributed by atoms with Crippen LogP contribution in [0.2, 0.25) is 0 Å². The quantitative estimate of drug-likeness (QED) is 0.330. The fourth-order valence-electron chi connectivity index (χ4n) is 2.68. The van der Waals surface area contributed by atoms with Gasteiger partial charge >= 0.3 is 0 Å². The molecular weight excluding hydrogens is 422 g/mol. The van der Waals surface area contributed by atoms with Crippen molar-refractivity contribution in [2.45, 2.75) is 13.3 Å². The maximum Gasteiger partial charge on any atom is 0.263 e. The molecule has 0 radical (unpaired) electrons. The molecule has 1 aliphatic rings. The molecule has 0 bridgehead atoms. The number of benzene rings is 2. The van der Waals surface area contributed by atoms with Crippen molar-refractivity contribution in [3.05, 3.63) is 52.9 Å². The summed E-state index contributed by atoms with van der Waals surface area (Å²) in [5, 5.41) is 2.61. The predicted molar refractivity (Wildman–Crippen MR) is 123 cm³/mol. The summed E-state index contributed by atoms with van der Waals surface area (Å²) in [4.78, 5) is 12.4. The van der Waals surface area contributed by atoms with Crippen molar-refractivity contribution < 1.29 is 23.7 Å². The molecule has 1 N–H and O–H groups in total. The van der Waals surface area contributed by atoms with Crippen LogP contribution in [0.5, 0.6) is 23.0 Å². The molecule has 0 spiro atoms. The van der Waals surface area contributed by atoms with Crippen molar-refractivity contribution in [3.63, 3.8) is 0 Å². The van der Waals surface area contributed by atoms with E-state index in [1.54, 1.807) is 13.2 Å². The largest absolute Gasteiger partial charge is 0.497 e. The molecule has 158 valence electrons. The summed E-state index contributed by atoms with van der Waals surface area (Å²) in [5.74, 6) is 2.69. The number of thioether (sulfide) groups is 1. The maximum absolute atomic E-state index is 11.8. The highest BCUT2D eigenvalue weighted by Gasteiger charge is 2.22. The lowest BCUT2D eigenvalue weighted by Gasteiger charge is -2.13.